The van der Waals surface area contributed by atoms with Crippen LogP contribution in [0.25, 0.3) is 0 Å². The van der Waals surface area contributed by atoms with Gasteiger partial charge in [0.1, 0.15) is 12.3 Å². The summed E-state index contributed by atoms with van der Waals surface area (Å²) in [6.45, 7) is 8.04. The van der Waals surface area contributed by atoms with Crippen LogP contribution in [0.15, 0.2) is 24.3 Å². The maximum atomic E-state index is 12.4. The number of nitrogens with zero attached hydrogens (tertiary/aromatic N) is 1. The van der Waals surface area contributed by atoms with Crippen LogP contribution in [-0.4, -0.2) is 50.8 Å². The summed E-state index contributed by atoms with van der Waals surface area (Å²) in [5.41, 5.74) is 0.809. The number of ether oxygens (including phenoxy) is 1. The molecule has 152 valence electrons. The van der Waals surface area contributed by atoms with Crippen LogP contribution < -0.4 is 9.50 Å². The number of amides is 2. The minimum Gasteiger partial charge on any atom is -0.465 e. The number of carbonyl (C=O) groups excluding carboxylic acids is 2. The van der Waals surface area contributed by atoms with Gasteiger partial charge in [0.15, 0.2) is 0 Å². The fourth-order valence-corrected chi connectivity index (χ4v) is 2.73. The van der Waals surface area contributed by atoms with Gasteiger partial charge in [-0.1, -0.05) is 26.0 Å². The maximum absolute atomic E-state index is 12.4. The first-order valence-electron chi connectivity index (χ1n) is 8.86. The number of hydrogen-bond acceptors (Lipinski definition) is 6. The molecule has 0 heterocycles. The molecule has 0 aromatic heterocycles. The average Bonchev–Trinajstić information content (AvgIpc) is 2.60. The zero-order valence-electron chi connectivity index (χ0n) is 16.2. The lowest BCUT2D eigenvalue weighted by molar-refractivity contribution is -0.141. The van der Waals surface area contributed by atoms with Gasteiger partial charge in [-0.05, 0) is 37.5 Å². The van der Waals surface area contributed by atoms with Crippen LogP contribution in [0.1, 0.15) is 33.3 Å². The molecule has 1 rings (SSSR count). The highest BCUT2D eigenvalue weighted by molar-refractivity contribution is 7.87. The summed E-state index contributed by atoms with van der Waals surface area (Å²) in [5.74, 6) is -0.148. The van der Waals surface area contributed by atoms with E-state index in [-0.39, 0.29) is 36.6 Å². The zero-order valence-corrected chi connectivity index (χ0v) is 17.0. The van der Waals surface area contributed by atoms with Crippen LogP contribution in [0.4, 0.5) is 4.79 Å². The second kappa shape index (κ2) is 10.8. The number of hydrogen-bond donors (Lipinski definition) is 1. The molecule has 0 fully saturated rings. The van der Waals surface area contributed by atoms with E-state index in [0.29, 0.717) is 13.1 Å². The predicted octanol–water partition coefficient (Wildman–Crippen LogP) is 2.15. The third-order valence-corrected chi connectivity index (χ3v) is 4.59. The molecule has 1 N–H and O–H groups in total. The van der Waals surface area contributed by atoms with E-state index in [1.165, 1.54) is 6.92 Å². The number of nitrogens with one attached hydrogen (secondary N) is 1. The Hall–Kier alpha value is -2.29. The molecule has 0 spiro atoms. The number of carbonyl (C=O) groups is 2. The Morgan fingerprint density at radius 1 is 1.15 bits per heavy atom. The van der Waals surface area contributed by atoms with Gasteiger partial charge in [-0.2, -0.15) is 8.42 Å². The first-order valence-corrected chi connectivity index (χ1v) is 10.4. The van der Waals surface area contributed by atoms with Gasteiger partial charge in [0.25, 0.3) is 0 Å². The van der Waals surface area contributed by atoms with Gasteiger partial charge in [0.05, 0.1) is 12.4 Å². The molecular weight excluding hydrogens is 372 g/mol. The standard InChI is InChI=1S/C18H28N2O6S/c1-5-25-17(21)11-19-18(22)20(12-14(3)4)13-15-7-9-16(10-8-15)26-27(23,24)6-2/h7-10,14H,5-6,11-13H2,1-4H3,(H,19,22). The van der Waals surface area contributed by atoms with Gasteiger partial charge in [-0.15, -0.1) is 0 Å². The summed E-state index contributed by atoms with van der Waals surface area (Å²) < 4.78 is 32.7. The monoisotopic (exact) mass is 400 g/mol. The summed E-state index contributed by atoms with van der Waals surface area (Å²) in [6, 6.07) is 6.13. The largest absolute Gasteiger partial charge is 0.465 e. The molecule has 1 aromatic carbocycles. The molecule has 8 nitrogen and oxygen atoms in total. The van der Waals surface area contributed by atoms with E-state index in [1.54, 1.807) is 36.1 Å². The highest BCUT2D eigenvalue weighted by Crippen LogP contribution is 2.16. The van der Waals surface area contributed by atoms with Crippen LogP contribution in [0.3, 0.4) is 0 Å². The van der Waals surface area contributed by atoms with Crippen molar-refractivity contribution < 1.29 is 26.9 Å². The number of esters is 1. The van der Waals surface area contributed by atoms with Gasteiger partial charge >= 0.3 is 22.1 Å². The quantitative estimate of drug-likeness (QED) is 0.477. The Balaban J connectivity index is 2.75. The Morgan fingerprint density at radius 2 is 1.78 bits per heavy atom. The third-order valence-electron chi connectivity index (χ3n) is 3.44. The van der Waals surface area contributed by atoms with Crippen molar-refractivity contribution in [1.82, 2.24) is 10.2 Å². The van der Waals surface area contributed by atoms with Crippen LogP contribution >= 0.6 is 0 Å². The van der Waals surface area contributed by atoms with E-state index in [9.17, 15) is 18.0 Å². The molecule has 1 aromatic rings. The van der Waals surface area contributed by atoms with Crippen LogP contribution in [-0.2, 0) is 26.2 Å². The third kappa shape index (κ3) is 8.76. The van der Waals surface area contributed by atoms with Gasteiger partial charge < -0.3 is 19.1 Å². The molecule has 2 amide bonds. The van der Waals surface area contributed by atoms with Crippen molar-refractivity contribution in [3.05, 3.63) is 29.8 Å². The van der Waals surface area contributed by atoms with E-state index in [1.807, 2.05) is 13.8 Å². The van der Waals surface area contributed by atoms with Gasteiger partial charge in [0, 0.05) is 13.1 Å². The highest BCUT2D eigenvalue weighted by atomic mass is 32.2. The van der Waals surface area contributed by atoms with Crippen molar-refractivity contribution in [2.45, 2.75) is 34.2 Å². The highest BCUT2D eigenvalue weighted by Gasteiger charge is 2.17. The van der Waals surface area contributed by atoms with Crippen LogP contribution in [0.5, 0.6) is 5.75 Å². The molecule has 0 saturated heterocycles. The van der Waals surface area contributed by atoms with Crippen molar-refractivity contribution in [2.75, 3.05) is 25.4 Å². The fourth-order valence-electron chi connectivity index (χ4n) is 2.21. The molecule has 0 aliphatic heterocycles. The van der Waals surface area contributed by atoms with E-state index < -0.39 is 16.1 Å². The van der Waals surface area contributed by atoms with E-state index >= 15 is 0 Å². The molecular formula is C18H28N2O6S. The Kier molecular flexibility index (Phi) is 9.07. The first-order chi connectivity index (χ1) is 12.7. The second-order valence-corrected chi connectivity index (χ2v) is 8.17. The van der Waals surface area contributed by atoms with Crippen molar-refractivity contribution in [3.8, 4) is 5.75 Å². The molecule has 9 heteroatoms. The smallest absolute Gasteiger partial charge is 0.325 e. The lowest BCUT2D eigenvalue weighted by Gasteiger charge is -2.25. The predicted molar refractivity (Wildman–Crippen MR) is 102 cm³/mol. The van der Waals surface area contributed by atoms with Crippen molar-refractivity contribution in [2.24, 2.45) is 5.92 Å². The Bertz CT molecular complexity index is 716. The summed E-state index contributed by atoms with van der Waals surface area (Å²) in [4.78, 5) is 25.4. The lowest BCUT2D eigenvalue weighted by atomic mass is 10.1. The zero-order chi connectivity index (χ0) is 20.4. The summed E-state index contributed by atoms with van der Waals surface area (Å²) in [7, 11) is -3.58. The van der Waals surface area contributed by atoms with Gasteiger partial charge in [0.2, 0.25) is 0 Å². The number of urea groups is 1. The normalized spacial score (nSPS) is 11.1. The molecule has 0 unspecified atom stereocenters. The van der Waals surface area contributed by atoms with E-state index in [0.717, 1.165) is 5.56 Å². The lowest BCUT2D eigenvalue weighted by Crippen LogP contribution is -2.43. The van der Waals surface area contributed by atoms with E-state index in [2.05, 4.69) is 5.32 Å². The Labute approximate surface area is 161 Å². The van der Waals surface area contributed by atoms with Crippen molar-refractivity contribution >= 4 is 22.1 Å². The molecule has 0 radical (unpaired) electrons. The van der Waals surface area contributed by atoms with E-state index in [4.69, 9.17) is 8.92 Å². The second-order valence-electron chi connectivity index (χ2n) is 6.31. The maximum Gasteiger partial charge on any atom is 0.325 e. The van der Waals surface area contributed by atoms with Crippen LogP contribution in [0, 0.1) is 5.92 Å². The molecule has 0 bridgehead atoms. The number of rotatable bonds is 10. The molecule has 27 heavy (non-hydrogen) atoms. The minimum atomic E-state index is -3.58. The SMILES string of the molecule is CCOC(=O)CNC(=O)N(Cc1ccc(OS(=O)(=O)CC)cc1)CC(C)C. The molecule has 0 aliphatic rings. The van der Waals surface area contributed by atoms with Crippen molar-refractivity contribution in [1.29, 1.82) is 0 Å². The molecule has 0 aliphatic carbocycles. The molecule has 0 atom stereocenters. The summed E-state index contributed by atoms with van der Waals surface area (Å²) in [6.07, 6.45) is 0. The average molecular weight is 400 g/mol. The van der Waals surface area contributed by atoms with Crippen molar-refractivity contribution in [3.63, 3.8) is 0 Å². The summed E-state index contributed by atoms with van der Waals surface area (Å²) in [5, 5.41) is 2.55. The number of benzene rings is 1. The summed E-state index contributed by atoms with van der Waals surface area (Å²) >= 11 is 0. The topological polar surface area (TPSA) is 102 Å². The van der Waals surface area contributed by atoms with Gasteiger partial charge in [-0.25, -0.2) is 4.79 Å². The minimum absolute atomic E-state index is 0.114. The van der Waals surface area contributed by atoms with Crippen LogP contribution in [0.2, 0.25) is 0 Å². The first kappa shape index (κ1) is 22.8. The fraction of sp³-hybridized carbons (Fsp3) is 0.556. The Morgan fingerprint density at radius 3 is 2.30 bits per heavy atom. The van der Waals surface area contributed by atoms with Gasteiger partial charge in [-0.3, -0.25) is 4.79 Å². The molecule has 0 saturated carbocycles.